The Hall–Kier alpha value is -3.82. The zero-order valence-corrected chi connectivity index (χ0v) is 23.8. The number of hydrogen-bond donors (Lipinski definition) is 0. The summed E-state index contributed by atoms with van der Waals surface area (Å²) in [6.45, 7) is 7.60. The van der Waals surface area contributed by atoms with Crippen molar-refractivity contribution in [1.82, 2.24) is 19.9 Å². The highest BCUT2D eigenvalue weighted by Crippen LogP contribution is 2.41. The molecule has 6 rings (SSSR count). The highest BCUT2D eigenvalue weighted by Gasteiger charge is 2.31. The van der Waals surface area contributed by atoms with Crippen molar-refractivity contribution in [2.24, 2.45) is 0 Å². The van der Waals surface area contributed by atoms with E-state index < -0.39 is 17.2 Å². The number of anilines is 1. The molecule has 3 aliphatic rings. The van der Waals surface area contributed by atoms with Crippen LogP contribution in [0.5, 0.6) is 5.75 Å². The minimum atomic E-state index is -0.613. The van der Waals surface area contributed by atoms with Gasteiger partial charge in [-0.3, -0.25) is 4.98 Å². The largest absolute Gasteiger partial charge is 0.486 e. The molecule has 10 heteroatoms. The van der Waals surface area contributed by atoms with Crippen molar-refractivity contribution in [2.75, 3.05) is 24.6 Å². The first kappa shape index (κ1) is 27.4. The number of halogens is 2. The summed E-state index contributed by atoms with van der Waals surface area (Å²) in [7, 11) is 0. The topological polar surface area (TPSA) is 80.7 Å². The molecule has 4 heterocycles. The molecule has 0 N–H and O–H groups in total. The van der Waals surface area contributed by atoms with Gasteiger partial charge in [0.2, 0.25) is 0 Å². The van der Waals surface area contributed by atoms with Crippen LogP contribution in [0.25, 0.3) is 11.3 Å². The van der Waals surface area contributed by atoms with Crippen molar-refractivity contribution in [3.63, 3.8) is 0 Å². The second kappa shape index (κ2) is 10.9. The fourth-order valence-electron chi connectivity index (χ4n) is 5.93. The number of carbonyl (C=O) groups excluding carboxylic acids is 1. The summed E-state index contributed by atoms with van der Waals surface area (Å²) in [4.78, 5) is 29.9. The predicted molar refractivity (Wildman–Crippen MR) is 150 cm³/mol. The third-order valence-corrected chi connectivity index (χ3v) is 7.84. The number of carbonyl (C=O) groups is 1. The van der Waals surface area contributed by atoms with Gasteiger partial charge in [0, 0.05) is 36.0 Å². The Morgan fingerprint density at radius 3 is 2.68 bits per heavy atom. The monoisotopic (exact) mass is 563 g/mol. The number of amides is 1. The Morgan fingerprint density at radius 1 is 1.10 bits per heavy atom. The number of ether oxygens (including phenoxy) is 2. The minimum Gasteiger partial charge on any atom is -0.486 e. The van der Waals surface area contributed by atoms with E-state index in [0.717, 1.165) is 48.8 Å². The second-order valence-corrected chi connectivity index (χ2v) is 12.0. The smallest absolute Gasteiger partial charge is 0.410 e. The van der Waals surface area contributed by atoms with Gasteiger partial charge in [0.05, 0.1) is 31.4 Å². The Bertz CT molecular complexity index is 1470. The quantitative estimate of drug-likeness (QED) is 0.394. The molecule has 0 atom stereocenters. The van der Waals surface area contributed by atoms with E-state index in [1.165, 1.54) is 6.07 Å². The maximum Gasteiger partial charge on any atom is 0.410 e. The normalized spacial score (nSPS) is 17.2. The van der Waals surface area contributed by atoms with Crippen molar-refractivity contribution >= 4 is 11.8 Å². The lowest BCUT2D eigenvalue weighted by atomic mass is 10.0. The van der Waals surface area contributed by atoms with Gasteiger partial charge >= 0.3 is 6.09 Å². The number of hydrogen-bond acceptors (Lipinski definition) is 7. The van der Waals surface area contributed by atoms with Crippen LogP contribution in [0, 0.1) is 11.6 Å². The van der Waals surface area contributed by atoms with Crippen molar-refractivity contribution in [3.05, 3.63) is 64.9 Å². The van der Waals surface area contributed by atoms with Crippen LogP contribution in [0.15, 0.2) is 30.5 Å². The molecule has 216 valence electrons. The average molecular weight is 564 g/mol. The van der Waals surface area contributed by atoms with Gasteiger partial charge in [0.1, 0.15) is 23.7 Å². The number of aromatic nitrogens is 3. The first-order valence-electron chi connectivity index (χ1n) is 14.3. The molecule has 0 saturated heterocycles. The van der Waals surface area contributed by atoms with Crippen LogP contribution in [-0.2, 0) is 24.1 Å². The molecule has 0 radical (unpaired) electrons. The molecular formula is C31H35F2N5O3. The molecule has 3 aromatic rings. The van der Waals surface area contributed by atoms with E-state index in [1.54, 1.807) is 11.0 Å². The van der Waals surface area contributed by atoms with Crippen LogP contribution in [-0.4, -0.2) is 57.3 Å². The molecular weight excluding hydrogens is 528 g/mol. The van der Waals surface area contributed by atoms with Crippen LogP contribution >= 0.6 is 0 Å². The summed E-state index contributed by atoms with van der Waals surface area (Å²) < 4.78 is 41.4. The number of rotatable bonds is 4. The molecule has 1 fully saturated rings. The molecule has 2 aliphatic heterocycles. The molecule has 1 saturated carbocycles. The van der Waals surface area contributed by atoms with Crippen LogP contribution in [0.4, 0.5) is 19.3 Å². The third kappa shape index (κ3) is 5.83. The first-order valence-corrected chi connectivity index (χ1v) is 14.3. The molecule has 1 aromatic carbocycles. The van der Waals surface area contributed by atoms with Gasteiger partial charge in [0.15, 0.2) is 17.4 Å². The fourth-order valence-corrected chi connectivity index (χ4v) is 5.93. The zero-order valence-electron chi connectivity index (χ0n) is 23.8. The van der Waals surface area contributed by atoms with Gasteiger partial charge in [0.25, 0.3) is 0 Å². The van der Waals surface area contributed by atoms with E-state index in [4.69, 9.17) is 14.5 Å². The lowest BCUT2D eigenvalue weighted by Crippen LogP contribution is -2.40. The molecule has 0 spiro atoms. The van der Waals surface area contributed by atoms with Crippen LogP contribution in [0.2, 0.25) is 0 Å². The van der Waals surface area contributed by atoms with Crippen molar-refractivity contribution in [3.8, 4) is 17.0 Å². The predicted octanol–water partition coefficient (Wildman–Crippen LogP) is 5.84. The van der Waals surface area contributed by atoms with Gasteiger partial charge in [-0.15, -0.1) is 0 Å². The SMILES string of the molecule is CC(C)(C)OC(=O)N1CCc2nc(Cc3ncc(F)c(-c4cc(F)c5c(c4)N(C4CCCC4)CCO5)n3)ccc2C1. The van der Waals surface area contributed by atoms with Crippen LogP contribution in [0.3, 0.4) is 0 Å². The average Bonchev–Trinajstić information content (AvgIpc) is 3.47. The summed E-state index contributed by atoms with van der Waals surface area (Å²) >= 11 is 0. The third-order valence-electron chi connectivity index (χ3n) is 7.84. The van der Waals surface area contributed by atoms with Crippen molar-refractivity contribution in [1.29, 1.82) is 0 Å². The maximum absolute atomic E-state index is 15.2. The van der Waals surface area contributed by atoms with Crippen molar-refractivity contribution in [2.45, 2.75) is 77.5 Å². The summed E-state index contributed by atoms with van der Waals surface area (Å²) in [5, 5.41) is 0. The molecule has 41 heavy (non-hydrogen) atoms. The molecule has 0 unspecified atom stereocenters. The lowest BCUT2D eigenvalue weighted by Gasteiger charge is -2.36. The van der Waals surface area contributed by atoms with E-state index in [0.29, 0.717) is 62.2 Å². The number of benzene rings is 1. The first-order chi connectivity index (χ1) is 19.6. The Labute approximate surface area is 238 Å². The van der Waals surface area contributed by atoms with Gasteiger partial charge in [-0.2, -0.15) is 0 Å². The van der Waals surface area contributed by atoms with Gasteiger partial charge in [-0.1, -0.05) is 18.9 Å². The molecule has 2 aromatic heterocycles. The van der Waals surface area contributed by atoms with E-state index in [1.807, 2.05) is 32.9 Å². The lowest BCUT2D eigenvalue weighted by molar-refractivity contribution is 0.0222. The number of fused-ring (bicyclic) bond motifs is 2. The molecule has 0 bridgehead atoms. The van der Waals surface area contributed by atoms with Crippen LogP contribution < -0.4 is 9.64 Å². The fraction of sp³-hybridized carbons (Fsp3) is 0.484. The highest BCUT2D eigenvalue weighted by molar-refractivity contribution is 5.72. The second-order valence-electron chi connectivity index (χ2n) is 12.0. The summed E-state index contributed by atoms with van der Waals surface area (Å²) in [6, 6.07) is 7.25. The summed E-state index contributed by atoms with van der Waals surface area (Å²) in [5.41, 5.74) is 3.13. The molecule has 1 aliphatic carbocycles. The Morgan fingerprint density at radius 2 is 1.90 bits per heavy atom. The van der Waals surface area contributed by atoms with Gasteiger partial charge in [-0.05, 0) is 57.4 Å². The summed E-state index contributed by atoms with van der Waals surface area (Å²) in [6.07, 6.45) is 6.12. The molecule has 8 nitrogen and oxygen atoms in total. The minimum absolute atomic E-state index is 0.0552. The van der Waals surface area contributed by atoms with Gasteiger partial charge in [-0.25, -0.2) is 23.5 Å². The van der Waals surface area contributed by atoms with Gasteiger partial charge < -0.3 is 19.3 Å². The standard InChI is InChI=1S/C31H35F2N5O3/c1-31(2,3)41-30(39)37-11-10-25-19(18-37)8-9-21(35-25)16-27-34-17-24(33)28(36-27)20-14-23(32)29-26(15-20)38(12-13-40-29)22-6-4-5-7-22/h8-9,14-15,17,22H,4-7,10-13,16,18H2,1-3H3. The van der Waals surface area contributed by atoms with Crippen LogP contribution in [0.1, 0.15) is 69.2 Å². The van der Waals surface area contributed by atoms with E-state index in [9.17, 15) is 4.79 Å². The Kier molecular flexibility index (Phi) is 7.25. The Balaban J connectivity index is 1.23. The van der Waals surface area contributed by atoms with E-state index in [-0.39, 0.29) is 17.5 Å². The highest BCUT2D eigenvalue weighted by atomic mass is 19.1. The number of pyridine rings is 1. The maximum atomic E-state index is 15.2. The van der Waals surface area contributed by atoms with Crippen molar-refractivity contribution < 1.29 is 23.0 Å². The van der Waals surface area contributed by atoms with E-state index in [2.05, 4.69) is 14.9 Å². The summed E-state index contributed by atoms with van der Waals surface area (Å²) in [5.74, 6) is -0.512. The molecule has 1 amide bonds. The van der Waals surface area contributed by atoms with E-state index >= 15 is 8.78 Å². The zero-order chi connectivity index (χ0) is 28.7. The number of nitrogens with zero attached hydrogens (tertiary/aromatic N) is 5.